The van der Waals surface area contributed by atoms with Crippen molar-refractivity contribution in [3.05, 3.63) is 28.3 Å². The lowest BCUT2D eigenvalue weighted by atomic mass is 10.1. The Morgan fingerprint density at radius 1 is 1.62 bits per heavy atom. The number of carbonyl (C=O) groups is 1. The van der Waals surface area contributed by atoms with E-state index in [1.807, 2.05) is 0 Å². The maximum atomic E-state index is 10.6. The van der Waals surface area contributed by atoms with Crippen LogP contribution < -0.4 is 5.73 Å². The highest BCUT2D eigenvalue weighted by molar-refractivity contribution is 6.33. The number of aromatic carboxylic acids is 1. The Morgan fingerprint density at radius 3 is 2.69 bits per heavy atom. The zero-order valence-electron chi connectivity index (χ0n) is 6.41. The maximum Gasteiger partial charge on any atom is 0.337 e. The molecule has 0 bridgehead atoms. The Hall–Kier alpha value is -1.73. The van der Waals surface area contributed by atoms with Gasteiger partial charge >= 0.3 is 5.97 Å². The fraction of sp³-hybridized carbons (Fsp3) is 0. The van der Waals surface area contributed by atoms with Crippen LogP contribution in [-0.4, -0.2) is 11.1 Å². The molecule has 0 amide bonds. The third-order valence-electron chi connectivity index (χ3n) is 1.49. The van der Waals surface area contributed by atoms with Gasteiger partial charge in [-0.1, -0.05) is 11.6 Å². The predicted octanol–water partition coefficient (Wildman–Crippen LogP) is 1.49. The number of nitriles is 1. The van der Waals surface area contributed by atoms with Crippen LogP contribution in [0.2, 0.25) is 5.02 Å². The van der Waals surface area contributed by atoms with Gasteiger partial charge in [-0.05, 0) is 12.1 Å². The molecule has 5 heteroatoms. The quantitative estimate of drug-likeness (QED) is 0.667. The van der Waals surface area contributed by atoms with E-state index in [0.29, 0.717) is 0 Å². The van der Waals surface area contributed by atoms with Crippen molar-refractivity contribution in [2.45, 2.75) is 0 Å². The Labute approximate surface area is 79.2 Å². The van der Waals surface area contributed by atoms with Crippen LogP contribution in [0.3, 0.4) is 0 Å². The normalized spacial score (nSPS) is 9.23. The van der Waals surface area contributed by atoms with Crippen LogP contribution >= 0.6 is 11.6 Å². The number of nitrogens with zero attached hydrogens (tertiary/aromatic N) is 1. The lowest BCUT2D eigenvalue weighted by Crippen LogP contribution is -2.01. The molecule has 0 atom stereocenters. The minimum atomic E-state index is -1.20. The van der Waals surface area contributed by atoms with E-state index in [9.17, 15) is 4.79 Å². The van der Waals surface area contributed by atoms with Gasteiger partial charge in [-0.15, -0.1) is 0 Å². The number of nitrogen functional groups attached to an aromatic ring is 1. The molecule has 0 radical (unpaired) electrons. The minimum absolute atomic E-state index is 0.00870. The summed E-state index contributed by atoms with van der Waals surface area (Å²) in [4.78, 5) is 10.6. The van der Waals surface area contributed by atoms with Gasteiger partial charge in [0.05, 0.1) is 21.8 Å². The highest BCUT2D eigenvalue weighted by Crippen LogP contribution is 2.23. The van der Waals surface area contributed by atoms with Crippen molar-refractivity contribution in [1.29, 1.82) is 5.26 Å². The molecule has 0 aliphatic carbocycles. The topological polar surface area (TPSA) is 87.1 Å². The van der Waals surface area contributed by atoms with Gasteiger partial charge < -0.3 is 10.8 Å². The van der Waals surface area contributed by atoms with E-state index in [1.165, 1.54) is 6.07 Å². The van der Waals surface area contributed by atoms with Crippen LogP contribution in [0.4, 0.5) is 5.69 Å². The highest BCUT2D eigenvalue weighted by atomic mass is 35.5. The standard InChI is InChI=1S/C8H5ClN2O2/c9-6-2-5(8(12)13)4(3-10)1-7(6)11/h1-2H,11H2,(H,12,13). The van der Waals surface area contributed by atoms with E-state index >= 15 is 0 Å². The van der Waals surface area contributed by atoms with Crippen LogP contribution in [0.1, 0.15) is 15.9 Å². The van der Waals surface area contributed by atoms with E-state index < -0.39 is 5.97 Å². The molecule has 0 heterocycles. The molecule has 1 aromatic carbocycles. The summed E-state index contributed by atoms with van der Waals surface area (Å²) in [7, 11) is 0. The first-order valence-corrected chi connectivity index (χ1v) is 3.66. The largest absolute Gasteiger partial charge is 0.478 e. The molecule has 4 nitrogen and oxygen atoms in total. The zero-order valence-corrected chi connectivity index (χ0v) is 7.17. The highest BCUT2D eigenvalue weighted by Gasteiger charge is 2.12. The number of benzene rings is 1. The van der Waals surface area contributed by atoms with Crippen molar-refractivity contribution >= 4 is 23.3 Å². The maximum absolute atomic E-state index is 10.6. The lowest BCUT2D eigenvalue weighted by molar-refractivity contribution is 0.0696. The molecule has 0 aliphatic rings. The van der Waals surface area contributed by atoms with Gasteiger partial charge in [0.2, 0.25) is 0 Å². The molecule has 0 aliphatic heterocycles. The fourth-order valence-corrected chi connectivity index (χ4v) is 1.02. The lowest BCUT2D eigenvalue weighted by Gasteiger charge is -2.01. The van der Waals surface area contributed by atoms with Crippen molar-refractivity contribution in [3.63, 3.8) is 0 Å². The molecule has 0 aromatic heterocycles. The summed E-state index contributed by atoms with van der Waals surface area (Å²) in [6, 6.07) is 4.13. The van der Waals surface area contributed by atoms with Crippen molar-refractivity contribution in [3.8, 4) is 6.07 Å². The number of hydrogen-bond acceptors (Lipinski definition) is 3. The summed E-state index contributed by atoms with van der Waals surface area (Å²) in [5, 5.41) is 17.4. The first-order valence-electron chi connectivity index (χ1n) is 3.28. The number of carboxylic acids is 1. The van der Waals surface area contributed by atoms with Crippen LogP contribution in [0.25, 0.3) is 0 Å². The van der Waals surface area contributed by atoms with Crippen LogP contribution in [0.15, 0.2) is 12.1 Å². The SMILES string of the molecule is N#Cc1cc(N)c(Cl)cc1C(=O)O. The number of halogens is 1. The number of nitrogens with two attached hydrogens (primary N) is 1. The van der Waals surface area contributed by atoms with Gasteiger partial charge in [0.25, 0.3) is 0 Å². The van der Waals surface area contributed by atoms with Crippen LogP contribution in [0.5, 0.6) is 0 Å². The van der Waals surface area contributed by atoms with Crippen molar-refractivity contribution in [2.24, 2.45) is 0 Å². The zero-order chi connectivity index (χ0) is 10.0. The summed E-state index contributed by atoms with van der Waals surface area (Å²) >= 11 is 5.59. The van der Waals surface area contributed by atoms with Crippen LogP contribution in [0, 0.1) is 11.3 Å². The van der Waals surface area contributed by atoms with E-state index in [-0.39, 0.29) is 21.8 Å². The first-order chi connectivity index (χ1) is 6.06. The number of carboxylic acid groups (broad SMARTS) is 1. The number of rotatable bonds is 1. The summed E-state index contributed by atoms with van der Waals surface area (Å²) in [6.45, 7) is 0. The average molecular weight is 197 g/mol. The second kappa shape index (κ2) is 3.33. The molecule has 0 fully saturated rings. The van der Waals surface area contributed by atoms with Gasteiger partial charge in [-0.2, -0.15) is 5.26 Å². The molecule has 66 valence electrons. The van der Waals surface area contributed by atoms with Gasteiger partial charge in [0, 0.05) is 0 Å². The Balaban J connectivity index is 3.44. The number of hydrogen-bond donors (Lipinski definition) is 2. The van der Waals surface area contributed by atoms with E-state index in [4.69, 9.17) is 27.7 Å². The van der Waals surface area contributed by atoms with Crippen molar-refractivity contribution < 1.29 is 9.90 Å². The van der Waals surface area contributed by atoms with E-state index in [0.717, 1.165) is 6.07 Å². The fourth-order valence-electron chi connectivity index (χ4n) is 0.859. The second-order valence-electron chi connectivity index (χ2n) is 2.34. The summed E-state index contributed by atoms with van der Waals surface area (Å²) < 4.78 is 0. The second-order valence-corrected chi connectivity index (χ2v) is 2.74. The summed E-state index contributed by atoms with van der Waals surface area (Å²) in [5.74, 6) is -1.20. The number of anilines is 1. The molecule has 0 unspecified atom stereocenters. The van der Waals surface area contributed by atoms with Gasteiger partial charge in [0.15, 0.2) is 0 Å². The van der Waals surface area contributed by atoms with Crippen LogP contribution in [-0.2, 0) is 0 Å². The summed E-state index contributed by atoms with van der Waals surface area (Å²) in [5.41, 5.74) is 5.46. The molecular weight excluding hydrogens is 192 g/mol. The van der Waals surface area contributed by atoms with E-state index in [2.05, 4.69) is 0 Å². The van der Waals surface area contributed by atoms with Crippen molar-refractivity contribution in [2.75, 3.05) is 5.73 Å². The smallest absolute Gasteiger partial charge is 0.337 e. The van der Waals surface area contributed by atoms with E-state index in [1.54, 1.807) is 6.07 Å². The monoisotopic (exact) mass is 196 g/mol. The van der Waals surface area contributed by atoms with Gasteiger partial charge in [-0.3, -0.25) is 0 Å². The summed E-state index contributed by atoms with van der Waals surface area (Å²) in [6.07, 6.45) is 0. The van der Waals surface area contributed by atoms with Crippen molar-refractivity contribution in [1.82, 2.24) is 0 Å². The molecule has 0 spiro atoms. The Morgan fingerprint density at radius 2 is 2.23 bits per heavy atom. The third-order valence-corrected chi connectivity index (χ3v) is 1.82. The molecule has 13 heavy (non-hydrogen) atoms. The molecule has 3 N–H and O–H groups in total. The molecule has 1 rings (SSSR count). The predicted molar refractivity (Wildman–Crippen MR) is 47.5 cm³/mol. The molecule has 1 aromatic rings. The third kappa shape index (κ3) is 1.71. The van der Waals surface area contributed by atoms with Gasteiger partial charge in [-0.25, -0.2) is 4.79 Å². The Bertz CT molecular complexity index is 409. The molecule has 0 saturated heterocycles. The average Bonchev–Trinajstić information content (AvgIpc) is 2.08. The Kier molecular flexibility index (Phi) is 2.40. The minimum Gasteiger partial charge on any atom is -0.478 e. The molecule has 0 saturated carbocycles. The van der Waals surface area contributed by atoms with Gasteiger partial charge in [0.1, 0.15) is 6.07 Å². The first kappa shape index (κ1) is 9.36. The molecular formula is C8H5ClN2O2.